The largest absolute Gasteiger partial charge is 0.316 e. The first-order chi connectivity index (χ1) is 9.07. The van der Waals surface area contributed by atoms with Gasteiger partial charge in [-0.3, -0.25) is 4.79 Å². The molecule has 0 radical (unpaired) electrons. The SMILES string of the molecule is CCCC1(C(=O)c2cc(F)cc(Cl)c2)CCCNC1. The molecule has 0 spiro atoms. The molecule has 1 aromatic rings. The van der Waals surface area contributed by atoms with Crippen molar-refractivity contribution in [1.82, 2.24) is 5.32 Å². The summed E-state index contributed by atoms with van der Waals surface area (Å²) in [6.45, 7) is 3.69. The maximum atomic E-state index is 13.4. The third-order valence-electron chi connectivity index (χ3n) is 3.81. The second kappa shape index (κ2) is 6.02. The minimum atomic E-state index is -0.453. The van der Waals surface area contributed by atoms with Crippen LogP contribution >= 0.6 is 11.6 Å². The van der Waals surface area contributed by atoms with E-state index >= 15 is 0 Å². The molecule has 1 N–H and O–H groups in total. The zero-order chi connectivity index (χ0) is 13.9. The molecular weight excluding hydrogens is 265 g/mol. The molecule has 0 aromatic heterocycles. The summed E-state index contributed by atoms with van der Waals surface area (Å²) in [5.41, 5.74) is -0.00781. The van der Waals surface area contributed by atoms with Gasteiger partial charge in [-0.05, 0) is 44.0 Å². The Bertz CT molecular complexity index is 443. The van der Waals surface area contributed by atoms with Crippen LogP contribution in [0.1, 0.15) is 43.0 Å². The Morgan fingerprint density at radius 1 is 1.47 bits per heavy atom. The van der Waals surface area contributed by atoms with Gasteiger partial charge in [0.25, 0.3) is 0 Å². The van der Waals surface area contributed by atoms with E-state index in [-0.39, 0.29) is 10.8 Å². The predicted molar refractivity (Wildman–Crippen MR) is 75.2 cm³/mol. The van der Waals surface area contributed by atoms with Crippen molar-refractivity contribution >= 4 is 17.4 Å². The standard InChI is InChI=1S/C15H19ClFNO/c1-2-4-15(5-3-6-18-10-15)14(19)11-7-12(16)9-13(17)8-11/h7-9,18H,2-6,10H2,1H3. The van der Waals surface area contributed by atoms with Crippen LogP contribution in [0.15, 0.2) is 18.2 Å². The maximum absolute atomic E-state index is 13.4. The van der Waals surface area contributed by atoms with Crippen LogP contribution in [0.3, 0.4) is 0 Å². The number of carbonyl (C=O) groups excluding carboxylic acids is 1. The summed E-state index contributed by atoms with van der Waals surface area (Å²) in [5.74, 6) is -0.436. The molecule has 0 saturated carbocycles. The Kier molecular flexibility index (Phi) is 4.58. The Hall–Kier alpha value is -0.930. The molecule has 1 aliphatic rings. The molecule has 4 heteroatoms. The molecule has 0 aliphatic carbocycles. The Morgan fingerprint density at radius 2 is 2.26 bits per heavy atom. The first-order valence-corrected chi connectivity index (χ1v) is 7.17. The van der Waals surface area contributed by atoms with Crippen LogP contribution in [0.2, 0.25) is 5.02 Å². The summed E-state index contributed by atoms with van der Waals surface area (Å²) in [4.78, 5) is 12.8. The van der Waals surface area contributed by atoms with E-state index in [1.54, 1.807) is 6.07 Å². The van der Waals surface area contributed by atoms with Gasteiger partial charge in [-0.1, -0.05) is 24.9 Å². The van der Waals surface area contributed by atoms with E-state index in [9.17, 15) is 9.18 Å². The molecule has 1 atom stereocenters. The van der Waals surface area contributed by atoms with Crippen molar-refractivity contribution < 1.29 is 9.18 Å². The zero-order valence-corrected chi connectivity index (χ0v) is 11.9. The highest BCUT2D eigenvalue weighted by molar-refractivity contribution is 6.31. The Labute approximate surface area is 118 Å². The Balaban J connectivity index is 2.33. The molecule has 1 aromatic carbocycles. The van der Waals surface area contributed by atoms with Crippen LogP contribution < -0.4 is 5.32 Å². The van der Waals surface area contributed by atoms with Crippen LogP contribution in [0, 0.1) is 11.2 Å². The first kappa shape index (κ1) is 14.5. The lowest BCUT2D eigenvalue weighted by Crippen LogP contribution is -2.45. The van der Waals surface area contributed by atoms with E-state index in [0.717, 1.165) is 32.2 Å². The van der Waals surface area contributed by atoms with E-state index in [1.165, 1.54) is 12.1 Å². The fraction of sp³-hybridized carbons (Fsp3) is 0.533. The number of ketones is 1. The highest BCUT2D eigenvalue weighted by atomic mass is 35.5. The van der Waals surface area contributed by atoms with Crippen molar-refractivity contribution in [3.05, 3.63) is 34.6 Å². The van der Waals surface area contributed by atoms with E-state index in [4.69, 9.17) is 11.6 Å². The molecule has 0 bridgehead atoms. The molecule has 2 nitrogen and oxygen atoms in total. The number of hydrogen-bond acceptors (Lipinski definition) is 2. The average molecular weight is 284 g/mol. The summed E-state index contributed by atoms with van der Waals surface area (Å²) < 4.78 is 13.4. The van der Waals surface area contributed by atoms with E-state index in [2.05, 4.69) is 12.2 Å². The lowest BCUT2D eigenvalue weighted by Gasteiger charge is -2.36. The van der Waals surface area contributed by atoms with Crippen molar-refractivity contribution in [3.63, 3.8) is 0 Å². The molecule has 19 heavy (non-hydrogen) atoms. The fourth-order valence-corrected chi connectivity index (χ4v) is 3.18. The van der Waals surface area contributed by atoms with Gasteiger partial charge in [0.2, 0.25) is 0 Å². The van der Waals surface area contributed by atoms with Gasteiger partial charge in [-0.15, -0.1) is 0 Å². The van der Waals surface area contributed by atoms with Crippen molar-refractivity contribution in [3.8, 4) is 0 Å². The molecule has 1 aliphatic heterocycles. The van der Waals surface area contributed by atoms with Gasteiger partial charge >= 0.3 is 0 Å². The number of hydrogen-bond donors (Lipinski definition) is 1. The Morgan fingerprint density at radius 3 is 2.84 bits per heavy atom. The number of piperidine rings is 1. The van der Waals surface area contributed by atoms with Crippen LogP contribution in [0.25, 0.3) is 0 Å². The second-order valence-corrected chi connectivity index (χ2v) is 5.73. The quantitative estimate of drug-likeness (QED) is 0.851. The van der Waals surface area contributed by atoms with Crippen LogP contribution in [0.5, 0.6) is 0 Å². The van der Waals surface area contributed by atoms with Gasteiger partial charge in [-0.25, -0.2) is 4.39 Å². The number of nitrogens with one attached hydrogen (secondary N) is 1. The third-order valence-corrected chi connectivity index (χ3v) is 4.03. The molecule has 0 amide bonds. The van der Waals surface area contributed by atoms with E-state index in [1.807, 2.05) is 0 Å². The number of halogens is 2. The minimum Gasteiger partial charge on any atom is -0.316 e. The van der Waals surface area contributed by atoms with Crippen molar-refractivity contribution in [1.29, 1.82) is 0 Å². The van der Waals surface area contributed by atoms with Crippen molar-refractivity contribution in [2.24, 2.45) is 5.41 Å². The van der Waals surface area contributed by atoms with Crippen molar-refractivity contribution in [2.75, 3.05) is 13.1 Å². The molecule has 1 heterocycles. The summed E-state index contributed by atoms with van der Waals surface area (Å²) in [5, 5.41) is 3.57. The van der Waals surface area contributed by atoms with Crippen molar-refractivity contribution in [2.45, 2.75) is 32.6 Å². The predicted octanol–water partition coefficient (Wildman–Crippen LogP) is 3.83. The summed E-state index contributed by atoms with van der Waals surface area (Å²) in [6.07, 6.45) is 3.61. The molecule has 1 fully saturated rings. The van der Waals surface area contributed by atoms with Gasteiger partial charge in [0.05, 0.1) is 0 Å². The van der Waals surface area contributed by atoms with E-state index < -0.39 is 11.2 Å². The van der Waals surface area contributed by atoms with Gasteiger partial charge in [-0.2, -0.15) is 0 Å². The van der Waals surface area contributed by atoms with Gasteiger partial charge in [0, 0.05) is 22.5 Å². The van der Waals surface area contributed by atoms with Crippen LogP contribution in [0.4, 0.5) is 4.39 Å². The van der Waals surface area contributed by atoms with Gasteiger partial charge in [0.1, 0.15) is 5.82 Å². The third kappa shape index (κ3) is 3.15. The van der Waals surface area contributed by atoms with Gasteiger partial charge in [0.15, 0.2) is 5.78 Å². The lowest BCUT2D eigenvalue weighted by molar-refractivity contribution is 0.0717. The molecule has 1 unspecified atom stereocenters. The molecule has 2 rings (SSSR count). The highest BCUT2D eigenvalue weighted by Gasteiger charge is 2.39. The number of rotatable bonds is 4. The topological polar surface area (TPSA) is 29.1 Å². The first-order valence-electron chi connectivity index (χ1n) is 6.79. The molecule has 1 saturated heterocycles. The van der Waals surface area contributed by atoms with Crippen LogP contribution in [-0.4, -0.2) is 18.9 Å². The fourth-order valence-electron chi connectivity index (χ4n) is 2.96. The van der Waals surface area contributed by atoms with E-state index in [0.29, 0.717) is 12.1 Å². The van der Waals surface area contributed by atoms with Crippen LogP contribution in [-0.2, 0) is 0 Å². The maximum Gasteiger partial charge on any atom is 0.170 e. The normalized spacial score (nSPS) is 23.3. The van der Waals surface area contributed by atoms with Gasteiger partial charge < -0.3 is 5.32 Å². The molecular formula is C15H19ClFNO. The average Bonchev–Trinajstić information content (AvgIpc) is 2.38. The highest BCUT2D eigenvalue weighted by Crippen LogP contribution is 2.36. The second-order valence-electron chi connectivity index (χ2n) is 5.30. The summed E-state index contributed by atoms with van der Waals surface area (Å²) in [6, 6.07) is 4.09. The minimum absolute atomic E-state index is 0.0166. The summed E-state index contributed by atoms with van der Waals surface area (Å²) in [7, 11) is 0. The molecule has 104 valence electrons. The zero-order valence-electron chi connectivity index (χ0n) is 11.1. The smallest absolute Gasteiger partial charge is 0.170 e. The number of carbonyl (C=O) groups is 1. The number of Topliss-reactive ketones (excluding diaryl/α,β-unsaturated/α-hetero) is 1. The monoisotopic (exact) mass is 283 g/mol. The summed E-state index contributed by atoms with van der Waals surface area (Å²) >= 11 is 5.85. The number of benzene rings is 1. The lowest BCUT2D eigenvalue weighted by atomic mass is 9.71.